The lowest BCUT2D eigenvalue weighted by Crippen LogP contribution is -2.43. The summed E-state index contributed by atoms with van der Waals surface area (Å²) in [5.41, 5.74) is 6.81. The van der Waals surface area contributed by atoms with Gasteiger partial charge in [0.2, 0.25) is 9.70 Å². The molecule has 0 saturated heterocycles. The van der Waals surface area contributed by atoms with E-state index in [9.17, 15) is 19.2 Å². The highest BCUT2D eigenvalue weighted by Gasteiger charge is 2.33. The monoisotopic (exact) mass is 800 g/mol. The number of nitrogens with two attached hydrogens (primary N) is 1. The van der Waals surface area contributed by atoms with Gasteiger partial charge in [-0.05, 0) is 34.8 Å². The molecular formula is C38H48Cl4N2O8. The maximum atomic E-state index is 13.6. The van der Waals surface area contributed by atoms with Gasteiger partial charge >= 0.3 is 17.9 Å². The van der Waals surface area contributed by atoms with E-state index in [-0.39, 0.29) is 37.1 Å². The van der Waals surface area contributed by atoms with Crippen molar-refractivity contribution in [2.75, 3.05) is 20.3 Å². The van der Waals surface area contributed by atoms with Gasteiger partial charge in [0.15, 0.2) is 6.10 Å². The third-order valence-corrected chi connectivity index (χ3v) is 8.22. The standard InChI is InChI=1S/C38H48Cl4N2O8/c1-24(15-16-26-11-8-7-9-12-26)30(51-36(48)32(21-37(3,4)5)52-34(46)25(2)22-43)13-10-14-33(45)44-29(35(47)50-23-38(40,41)42)20-27-17-18-31(49-6)28(39)19-27/h7-12,14-19,24-25,29-30,32H,13,20-23,43H2,1-6H3,(H,44,45)/b14-10+,16-15+/t24-,25-,29-,30?,32?/m1/s1. The lowest BCUT2D eigenvalue weighted by molar-refractivity contribution is -0.176. The summed E-state index contributed by atoms with van der Waals surface area (Å²) in [5.74, 6) is -3.30. The molecule has 0 heterocycles. The molecule has 286 valence electrons. The van der Waals surface area contributed by atoms with E-state index >= 15 is 0 Å². The third-order valence-electron chi connectivity index (χ3n) is 7.59. The predicted octanol–water partition coefficient (Wildman–Crippen LogP) is 7.44. The second-order valence-electron chi connectivity index (χ2n) is 13.5. The zero-order valence-electron chi connectivity index (χ0n) is 30.2. The molecule has 0 spiro atoms. The van der Waals surface area contributed by atoms with Crippen LogP contribution in [0.2, 0.25) is 5.02 Å². The Morgan fingerprint density at radius 2 is 1.62 bits per heavy atom. The number of nitrogens with one attached hydrogen (secondary N) is 1. The summed E-state index contributed by atoms with van der Waals surface area (Å²) < 4.78 is 20.1. The van der Waals surface area contributed by atoms with E-state index < -0.39 is 58.4 Å². The van der Waals surface area contributed by atoms with E-state index in [2.05, 4.69) is 5.32 Å². The molecule has 0 radical (unpaired) electrons. The van der Waals surface area contributed by atoms with Crippen molar-refractivity contribution in [3.63, 3.8) is 0 Å². The molecule has 0 aliphatic rings. The van der Waals surface area contributed by atoms with Crippen molar-refractivity contribution >= 4 is 76.3 Å². The van der Waals surface area contributed by atoms with Crippen LogP contribution in [0.25, 0.3) is 6.08 Å². The van der Waals surface area contributed by atoms with Crippen LogP contribution in [-0.4, -0.2) is 66.1 Å². The van der Waals surface area contributed by atoms with Crippen LogP contribution in [0.15, 0.2) is 66.8 Å². The number of benzene rings is 2. The van der Waals surface area contributed by atoms with Crippen molar-refractivity contribution in [3.8, 4) is 5.75 Å². The van der Waals surface area contributed by atoms with Crippen LogP contribution >= 0.6 is 46.4 Å². The van der Waals surface area contributed by atoms with E-state index in [0.29, 0.717) is 16.3 Å². The zero-order chi connectivity index (χ0) is 39.1. The molecule has 3 N–H and O–H groups in total. The Morgan fingerprint density at radius 1 is 0.942 bits per heavy atom. The van der Waals surface area contributed by atoms with Gasteiger partial charge in [-0.2, -0.15) is 0 Å². The molecule has 2 aromatic carbocycles. The number of carbonyl (C=O) groups excluding carboxylic acids is 4. The van der Waals surface area contributed by atoms with Gasteiger partial charge in [0.05, 0.1) is 18.1 Å². The van der Waals surface area contributed by atoms with Crippen molar-refractivity contribution in [2.45, 2.75) is 75.9 Å². The summed E-state index contributed by atoms with van der Waals surface area (Å²) in [5, 5.41) is 2.94. The SMILES string of the molecule is COc1ccc(C[C@@H](NC(=O)/C=C/CC(OC(=O)C(CC(C)(C)C)OC(=O)[C@H](C)CN)[C@H](C)/C=C/c2ccccc2)C(=O)OCC(Cl)(Cl)Cl)cc1Cl. The van der Waals surface area contributed by atoms with Gasteiger partial charge in [0.1, 0.15) is 24.5 Å². The minimum absolute atomic E-state index is 0.000195. The van der Waals surface area contributed by atoms with Crippen LogP contribution in [-0.2, 0) is 39.8 Å². The van der Waals surface area contributed by atoms with Crippen molar-refractivity contribution in [2.24, 2.45) is 23.0 Å². The van der Waals surface area contributed by atoms with E-state index in [1.54, 1.807) is 25.1 Å². The number of hydrogen-bond donors (Lipinski definition) is 2. The Kier molecular flexibility index (Phi) is 18.5. The molecule has 52 heavy (non-hydrogen) atoms. The number of halogens is 4. The second kappa shape index (κ2) is 21.4. The Labute approximate surface area is 326 Å². The molecule has 14 heteroatoms. The van der Waals surface area contributed by atoms with Crippen molar-refractivity contribution in [3.05, 3.63) is 82.9 Å². The highest BCUT2D eigenvalue weighted by molar-refractivity contribution is 6.67. The second-order valence-corrected chi connectivity index (χ2v) is 16.4. The number of esters is 3. The maximum Gasteiger partial charge on any atom is 0.347 e. The van der Waals surface area contributed by atoms with Gasteiger partial charge in [-0.1, -0.05) is 136 Å². The number of carbonyl (C=O) groups is 4. The van der Waals surface area contributed by atoms with Gasteiger partial charge in [-0.25, -0.2) is 9.59 Å². The smallest absolute Gasteiger partial charge is 0.347 e. The summed E-state index contributed by atoms with van der Waals surface area (Å²) >= 11 is 23.6. The molecular weight excluding hydrogens is 754 g/mol. The van der Waals surface area contributed by atoms with E-state index in [1.165, 1.54) is 19.3 Å². The minimum atomic E-state index is -1.86. The summed E-state index contributed by atoms with van der Waals surface area (Å²) in [6.07, 6.45) is 4.91. The van der Waals surface area contributed by atoms with E-state index in [0.717, 1.165) is 5.56 Å². The fourth-order valence-electron chi connectivity index (χ4n) is 4.68. The average molecular weight is 803 g/mol. The van der Waals surface area contributed by atoms with Gasteiger partial charge in [-0.3, -0.25) is 9.59 Å². The number of amides is 1. The first-order valence-corrected chi connectivity index (χ1v) is 18.2. The normalized spacial score (nSPS) is 15.0. The van der Waals surface area contributed by atoms with Crippen LogP contribution in [0, 0.1) is 17.3 Å². The van der Waals surface area contributed by atoms with Crippen molar-refractivity contribution < 1.29 is 38.1 Å². The van der Waals surface area contributed by atoms with Gasteiger partial charge in [0, 0.05) is 31.7 Å². The highest BCUT2D eigenvalue weighted by atomic mass is 35.6. The first-order chi connectivity index (χ1) is 24.3. The van der Waals surface area contributed by atoms with Gasteiger partial charge < -0.3 is 30.0 Å². The van der Waals surface area contributed by atoms with Crippen LogP contribution in [0.5, 0.6) is 5.75 Å². The van der Waals surface area contributed by atoms with Crippen LogP contribution < -0.4 is 15.8 Å². The Hall–Kier alpha value is -3.28. The molecule has 0 fully saturated rings. The quantitative estimate of drug-likeness (QED) is 0.0681. The maximum absolute atomic E-state index is 13.6. The largest absolute Gasteiger partial charge is 0.495 e. The Morgan fingerprint density at radius 3 is 2.19 bits per heavy atom. The zero-order valence-corrected chi connectivity index (χ0v) is 33.2. The molecule has 2 unspecified atom stereocenters. The average Bonchev–Trinajstić information content (AvgIpc) is 3.07. The molecule has 2 aromatic rings. The third kappa shape index (κ3) is 17.0. The summed E-state index contributed by atoms with van der Waals surface area (Å²) in [6, 6.07) is 13.3. The number of alkyl halides is 3. The summed E-state index contributed by atoms with van der Waals surface area (Å²) in [7, 11) is 1.47. The minimum Gasteiger partial charge on any atom is -0.495 e. The van der Waals surface area contributed by atoms with Crippen LogP contribution in [0.3, 0.4) is 0 Å². The summed E-state index contributed by atoms with van der Waals surface area (Å²) in [6.45, 7) is 8.76. The van der Waals surface area contributed by atoms with Gasteiger partial charge in [0.25, 0.3) is 0 Å². The van der Waals surface area contributed by atoms with E-state index in [4.69, 9.17) is 71.1 Å². The molecule has 1 amide bonds. The molecule has 0 aliphatic heterocycles. The molecule has 5 atom stereocenters. The van der Waals surface area contributed by atoms with Crippen molar-refractivity contribution in [1.29, 1.82) is 0 Å². The molecule has 2 rings (SSSR count). The molecule has 0 saturated carbocycles. The molecule has 0 aliphatic carbocycles. The Bertz CT molecular complexity index is 1540. The predicted molar refractivity (Wildman–Crippen MR) is 205 cm³/mol. The highest BCUT2D eigenvalue weighted by Crippen LogP contribution is 2.28. The number of hydrogen-bond acceptors (Lipinski definition) is 9. The molecule has 0 aromatic heterocycles. The first kappa shape index (κ1) is 44.9. The molecule has 0 bridgehead atoms. The van der Waals surface area contributed by atoms with E-state index in [1.807, 2.05) is 70.2 Å². The Balaban J connectivity index is 2.31. The van der Waals surface area contributed by atoms with Crippen molar-refractivity contribution in [1.82, 2.24) is 5.32 Å². The van der Waals surface area contributed by atoms with Crippen LogP contribution in [0.4, 0.5) is 0 Å². The summed E-state index contributed by atoms with van der Waals surface area (Å²) in [4.78, 5) is 52.4. The number of ether oxygens (including phenoxy) is 4. The lowest BCUT2D eigenvalue weighted by atomic mass is 9.89. The number of rotatable bonds is 18. The van der Waals surface area contributed by atoms with Crippen LogP contribution in [0.1, 0.15) is 58.6 Å². The lowest BCUT2D eigenvalue weighted by Gasteiger charge is -2.28. The topological polar surface area (TPSA) is 143 Å². The fraction of sp³-hybridized carbons (Fsp3) is 0.474. The fourth-order valence-corrected chi connectivity index (χ4v) is 5.12. The van der Waals surface area contributed by atoms with Gasteiger partial charge in [-0.15, -0.1) is 0 Å². The number of methoxy groups -OCH3 is 1. The molecule has 10 nitrogen and oxygen atoms in total. The first-order valence-electron chi connectivity index (χ1n) is 16.7.